The maximum Gasteiger partial charge on any atom is 0.328 e. The Morgan fingerprint density at radius 1 is 0.872 bits per heavy atom. The molecule has 0 fully saturated rings. The molecule has 0 saturated heterocycles. The van der Waals surface area contributed by atoms with E-state index < -0.39 is 23.9 Å². The van der Waals surface area contributed by atoms with Gasteiger partial charge in [0.15, 0.2) is 5.75 Å². The van der Waals surface area contributed by atoms with E-state index in [2.05, 4.69) is 23.5 Å². The van der Waals surface area contributed by atoms with Gasteiger partial charge >= 0.3 is 23.9 Å². The van der Waals surface area contributed by atoms with Crippen LogP contribution in [0.3, 0.4) is 0 Å². The number of carbonyl (C=O) groups is 4. The Kier molecular flexibility index (Phi) is 14.3. The molecule has 0 unspecified atom stereocenters. The molecule has 2 aromatic carbocycles. The van der Waals surface area contributed by atoms with E-state index in [0.717, 1.165) is 28.6 Å². The molecule has 204 valence electrons. The summed E-state index contributed by atoms with van der Waals surface area (Å²) >= 11 is 1.48. The first kappa shape index (κ1) is 32.0. The van der Waals surface area contributed by atoms with Crippen LogP contribution in [0.1, 0.15) is 23.0 Å². The summed E-state index contributed by atoms with van der Waals surface area (Å²) in [6, 6.07) is 20.5. The Labute approximate surface area is 227 Å². The van der Waals surface area contributed by atoms with Gasteiger partial charge in [-0.2, -0.15) is 5.26 Å². The van der Waals surface area contributed by atoms with Crippen molar-refractivity contribution in [2.75, 3.05) is 13.6 Å². The van der Waals surface area contributed by atoms with E-state index in [9.17, 15) is 24.4 Å². The molecule has 5 N–H and O–H groups in total. The van der Waals surface area contributed by atoms with Crippen molar-refractivity contribution in [2.24, 2.45) is 0 Å². The van der Waals surface area contributed by atoms with Gasteiger partial charge in [-0.3, -0.25) is 0 Å². The van der Waals surface area contributed by atoms with Gasteiger partial charge in [0.1, 0.15) is 17.1 Å². The number of hydrogen-bond acceptors (Lipinski definition) is 8. The number of nitrogens with zero attached hydrogens (tertiary/aromatic N) is 1. The van der Waals surface area contributed by atoms with Crippen LogP contribution in [0.25, 0.3) is 10.1 Å². The van der Waals surface area contributed by atoms with Crippen LogP contribution in [-0.2, 0) is 19.2 Å². The normalized spacial score (nSPS) is 11.0. The van der Waals surface area contributed by atoms with Gasteiger partial charge in [-0.25, -0.2) is 19.2 Å². The lowest BCUT2D eigenvalue weighted by Gasteiger charge is -2.19. The quantitative estimate of drug-likeness (QED) is 0.228. The second-order valence-corrected chi connectivity index (χ2v) is 8.35. The number of hydrogen-bond donors (Lipinski definition) is 5. The van der Waals surface area contributed by atoms with Crippen molar-refractivity contribution in [2.45, 2.75) is 12.5 Å². The molecule has 0 spiro atoms. The van der Waals surface area contributed by atoms with Gasteiger partial charge in [0.05, 0.1) is 0 Å². The summed E-state index contributed by atoms with van der Waals surface area (Å²) in [7, 11) is 1.93. The molecule has 0 saturated carbocycles. The van der Waals surface area contributed by atoms with Gasteiger partial charge in [0.25, 0.3) is 0 Å². The first-order valence-electron chi connectivity index (χ1n) is 11.1. The van der Waals surface area contributed by atoms with Crippen LogP contribution < -0.4 is 10.1 Å². The molecule has 0 aliphatic carbocycles. The Bertz CT molecular complexity index is 1290. The minimum absolute atomic E-state index is 0.0752. The van der Waals surface area contributed by atoms with Gasteiger partial charge in [-0.05, 0) is 31.3 Å². The minimum atomic E-state index is -1.26. The zero-order valence-electron chi connectivity index (χ0n) is 20.7. The number of nitrogens with one attached hydrogen (secondary N) is 1. The number of aliphatic carboxylic acids is 4. The van der Waals surface area contributed by atoms with E-state index in [1.807, 2.05) is 49.5 Å². The third-order valence-electron chi connectivity index (χ3n) is 4.48. The van der Waals surface area contributed by atoms with Crippen molar-refractivity contribution in [1.82, 2.24) is 5.32 Å². The molecule has 1 heterocycles. The third kappa shape index (κ3) is 12.7. The molecule has 1 atom stereocenters. The van der Waals surface area contributed by atoms with Crippen LogP contribution in [-0.4, -0.2) is 57.9 Å². The lowest BCUT2D eigenvalue weighted by Crippen LogP contribution is -2.16. The van der Waals surface area contributed by atoms with Gasteiger partial charge in [-0.1, -0.05) is 42.5 Å². The van der Waals surface area contributed by atoms with E-state index in [1.165, 1.54) is 11.3 Å². The molecule has 39 heavy (non-hydrogen) atoms. The summed E-state index contributed by atoms with van der Waals surface area (Å²) < 4.78 is 7.41. The predicted molar refractivity (Wildman–Crippen MR) is 144 cm³/mol. The number of thiophene rings is 1. The Hall–Kier alpha value is -4.99. The number of benzene rings is 2. The summed E-state index contributed by atoms with van der Waals surface area (Å²) in [5.41, 5.74) is 1.13. The van der Waals surface area contributed by atoms with Crippen molar-refractivity contribution in [3.8, 4) is 11.8 Å². The minimum Gasteiger partial charge on any atom is -0.483 e. The first-order chi connectivity index (χ1) is 18.6. The van der Waals surface area contributed by atoms with E-state index in [-0.39, 0.29) is 6.10 Å². The fraction of sp³-hybridized carbons (Fsp3) is 0.148. The van der Waals surface area contributed by atoms with Crippen LogP contribution in [0.15, 0.2) is 78.9 Å². The molecule has 11 nitrogen and oxygen atoms in total. The monoisotopic (exact) mass is 554 g/mol. The van der Waals surface area contributed by atoms with Crippen LogP contribution in [0, 0.1) is 11.3 Å². The highest BCUT2D eigenvalue weighted by Gasteiger charge is 2.19. The maximum atomic E-state index is 9.55. The maximum absolute atomic E-state index is 9.55. The number of carboxylic acid groups (broad SMARTS) is 4. The standard InChI is InChI=1S/C19H18N2OS.2C4H4O4/c1-21-12-11-16(14-7-3-2-4-8-14)22-19-15-9-5-6-10-17(15)23-18(19)13-20;2*5-3(6)1-2-4(7)8/h2-10,16,21H,11-12H2,1H3;2*1-2H,(H,5,6)(H,7,8)/b;2*2-1+/t16-;;/m0../s1. The largest absolute Gasteiger partial charge is 0.483 e. The second-order valence-electron chi connectivity index (χ2n) is 7.30. The third-order valence-corrected chi connectivity index (χ3v) is 5.53. The molecular formula is C27H26N2O9S. The Balaban J connectivity index is 0.000000393. The topological polar surface area (TPSA) is 194 Å². The Morgan fingerprint density at radius 3 is 1.82 bits per heavy atom. The lowest BCUT2D eigenvalue weighted by molar-refractivity contribution is -0.134. The molecule has 1 aromatic heterocycles. The average Bonchev–Trinajstić information content (AvgIpc) is 3.27. The summed E-state index contributed by atoms with van der Waals surface area (Å²) in [5.74, 6) is -4.32. The van der Waals surface area contributed by atoms with E-state index in [4.69, 9.17) is 25.2 Å². The van der Waals surface area contributed by atoms with Crippen molar-refractivity contribution in [1.29, 1.82) is 5.26 Å². The molecular weight excluding hydrogens is 528 g/mol. The highest BCUT2D eigenvalue weighted by molar-refractivity contribution is 7.20. The van der Waals surface area contributed by atoms with Crippen molar-refractivity contribution >= 4 is 45.3 Å². The van der Waals surface area contributed by atoms with Crippen molar-refractivity contribution in [3.63, 3.8) is 0 Å². The van der Waals surface area contributed by atoms with Crippen LogP contribution in [0.4, 0.5) is 0 Å². The number of rotatable bonds is 10. The highest BCUT2D eigenvalue weighted by Crippen LogP contribution is 2.39. The van der Waals surface area contributed by atoms with Gasteiger partial charge in [0, 0.05) is 40.8 Å². The molecule has 3 rings (SSSR count). The number of nitriles is 1. The van der Waals surface area contributed by atoms with Crippen LogP contribution in [0.2, 0.25) is 0 Å². The van der Waals surface area contributed by atoms with Crippen LogP contribution >= 0.6 is 11.3 Å². The summed E-state index contributed by atoms with van der Waals surface area (Å²) in [6.07, 6.45) is 3.00. The molecule has 0 aliphatic heterocycles. The molecule has 0 amide bonds. The fourth-order valence-corrected chi connectivity index (χ4v) is 3.81. The number of ether oxygens (including phenoxy) is 1. The lowest BCUT2D eigenvalue weighted by atomic mass is 10.1. The SMILES string of the molecule is CNCC[C@H](Oc1c(C#N)sc2ccccc12)c1ccccc1.O=C(O)/C=C/C(=O)O.O=C(O)/C=C/C(=O)O. The van der Waals surface area contributed by atoms with Crippen LogP contribution in [0.5, 0.6) is 5.75 Å². The van der Waals surface area contributed by atoms with Crippen molar-refractivity contribution < 1.29 is 44.3 Å². The molecule has 0 aliphatic rings. The second kappa shape index (κ2) is 17.5. The molecule has 3 aromatic rings. The van der Waals surface area contributed by atoms with Gasteiger partial charge < -0.3 is 30.5 Å². The number of carboxylic acids is 4. The van der Waals surface area contributed by atoms with E-state index in [0.29, 0.717) is 34.9 Å². The zero-order chi connectivity index (χ0) is 29.2. The number of fused-ring (bicyclic) bond motifs is 1. The fourth-order valence-electron chi connectivity index (χ4n) is 2.88. The summed E-state index contributed by atoms with van der Waals surface area (Å²) in [5, 5.41) is 44.9. The zero-order valence-corrected chi connectivity index (χ0v) is 21.5. The molecule has 12 heteroatoms. The highest BCUT2D eigenvalue weighted by atomic mass is 32.1. The summed E-state index contributed by atoms with van der Waals surface area (Å²) in [6.45, 7) is 0.851. The Morgan fingerprint density at radius 2 is 1.36 bits per heavy atom. The van der Waals surface area contributed by atoms with Crippen molar-refractivity contribution in [3.05, 3.63) is 89.3 Å². The summed E-state index contributed by atoms with van der Waals surface area (Å²) in [4.78, 5) is 38.9. The molecule has 0 radical (unpaired) electrons. The first-order valence-corrected chi connectivity index (χ1v) is 12.0. The predicted octanol–water partition coefficient (Wildman–Crippen LogP) is 3.93. The smallest absolute Gasteiger partial charge is 0.328 e. The van der Waals surface area contributed by atoms with Gasteiger partial charge in [-0.15, -0.1) is 11.3 Å². The van der Waals surface area contributed by atoms with E-state index >= 15 is 0 Å². The van der Waals surface area contributed by atoms with Gasteiger partial charge in [0.2, 0.25) is 0 Å². The molecule has 0 bridgehead atoms. The average molecular weight is 555 g/mol. The van der Waals surface area contributed by atoms with E-state index in [1.54, 1.807) is 0 Å².